The number of rotatable bonds is 3. The Morgan fingerprint density at radius 3 is 2.29 bits per heavy atom. The largest absolute Gasteiger partial charge is 0.491 e. The number of carbonyl (C=O) groups is 1. The Morgan fingerprint density at radius 1 is 1.19 bits per heavy atom. The van der Waals surface area contributed by atoms with Crippen molar-refractivity contribution in [1.29, 1.82) is 0 Å². The minimum absolute atomic E-state index is 0.0926. The van der Waals surface area contributed by atoms with Gasteiger partial charge in [0.2, 0.25) is 0 Å². The van der Waals surface area contributed by atoms with Crippen LogP contribution in [0.25, 0.3) is 0 Å². The summed E-state index contributed by atoms with van der Waals surface area (Å²) in [6.45, 7) is 5.53. The summed E-state index contributed by atoms with van der Waals surface area (Å²) in [4.78, 5) is 14.4. The van der Waals surface area contributed by atoms with Crippen molar-refractivity contribution in [3.8, 4) is 5.75 Å². The second kappa shape index (κ2) is 5.68. The molecule has 1 aromatic rings. The standard InChI is InChI=1S/C17H23NO3/c1-11(2)21-16-5-3-12(4-6-16)17(20)18-9-13-7-15(19)8-14(13)10-18/h3-6,11,13-15,19H,7-10H2,1-2H3/t13-,14+,15?. The van der Waals surface area contributed by atoms with E-state index in [1.54, 1.807) is 0 Å². The van der Waals surface area contributed by atoms with E-state index in [1.165, 1.54) is 0 Å². The van der Waals surface area contributed by atoms with Crippen LogP contribution in [0.5, 0.6) is 5.75 Å². The van der Waals surface area contributed by atoms with Crippen LogP contribution in [-0.2, 0) is 0 Å². The van der Waals surface area contributed by atoms with Crippen molar-refractivity contribution in [3.63, 3.8) is 0 Å². The van der Waals surface area contributed by atoms with Crippen LogP contribution in [0.2, 0.25) is 0 Å². The van der Waals surface area contributed by atoms with Gasteiger partial charge in [-0.15, -0.1) is 0 Å². The van der Waals surface area contributed by atoms with E-state index in [0.717, 1.165) is 31.7 Å². The van der Waals surface area contributed by atoms with E-state index >= 15 is 0 Å². The Balaban J connectivity index is 1.63. The van der Waals surface area contributed by atoms with Crippen molar-refractivity contribution < 1.29 is 14.6 Å². The van der Waals surface area contributed by atoms with Gasteiger partial charge in [0.15, 0.2) is 0 Å². The molecule has 1 aliphatic carbocycles. The van der Waals surface area contributed by atoms with Crippen LogP contribution >= 0.6 is 0 Å². The number of aliphatic hydroxyl groups is 1. The number of carbonyl (C=O) groups excluding carboxylic acids is 1. The monoisotopic (exact) mass is 289 g/mol. The third-order valence-corrected chi connectivity index (χ3v) is 4.49. The van der Waals surface area contributed by atoms with Crippen LogP contribution in [0.3, 0.4) is 0 Å². The van der Waals surface area contributed by atoms with Gasteiger partial charge in [0, 0.05) is 18.7 Å². The predicted molar refractivity (Wildman–Crippen MR) is 80.3 cm³/mol. The number of hydrogen-bond donors (Lipinski definition) is 1. The molecule has 2 aliphatic rings. The molecule has 1 heterocycles. The maximum absolute atomic E-state index is 12.5. The van der Waals surface area contributed by atoms with E-state index in [2.05, 4.69) is 0 Å². The zero-order valence-corrected chi connectivity index (χ0v) is 12.7. The van der Waals surface area contributed by atoms with Gasteiger partial charge < -0.3 is 14.7 Å². The molecule has 1 N–H and O–H groups in total. The highest BCUT2D eigenvalue weighted by molar-refractivity contribution is 5.94. The topological polar surface area (TPSA) is 49.8 Å². The number of ether oxygens (including phenoxy) is 1. The summed E-state index contributed by atoms with van der Waals surface area (Å²) in [6, 6.07) is 7.38. The summed E-state index contributed by atoms with van der Waals surface area (Å²) in [5.41, 5.74) is 0.714. The average molecular weight is 289 g/mol. The Labute approximate surface area is 125 Å². The van der Waals surface area contributed by atoms with Gasteiger partial charge in [-0.2, -0.15) is 0 Å². The molecule has 1 aliphatic heterocycles. The minimum Gasteiger partial charge on any atom is -0.491 e. The number of aliphatic hydroxyl groups excluding tert-OH is 1. The summed E-state index contributed by atoms with van der Waals surface area (Å²) < 4.78 is 5.59. The first kappa shape index (κ1) is 14.4. The molecule has 2 fully saturated rings. The van der Waals surface area contributed by atoms with Gasteiger partial charge in [-0.1, -0.05) is 0 Å². The first-order valence-electron chi connectivity index (χ1n) is 7.77. The summed E-state index contributed by atoms with van der Waals surface area (Å²) in [5.74, 6) is 1.85. The SMILES string of the molecule is CC(C)Oc1ccc(C(=O)N2C[C@H]3CC(O)C[C@H]3C2)cc1. The van der Waals surface area contributed by atoms with Crippen molar-refractivity contribution in [1.82, 2.24) is 4.90 Å². The Morgan fingerprint density at radius 2 is 1.76 bits per heavy atom. The fourth-order valence-electron chi connectivity index (χ4n) is 3.56. The van der Waals surface area contributed by atoms with Crippen molar-refractivity contribution >= 4 is 5.91 Å². The van der Waals surface area contributed by atoms with E-state index in [9.17, 15) is 9.90 Å². The van der Waals surface area contributed by atoms with Crippen LogP contribution in [-0.4, -0.2) is 41.2 Å². The maximum Gasteiger partial charge on any atom is 0.253 e. The molecule has 114 valence electrons. The lowest BCUT2D eigenvalue weighted by atomic mass is 10.0. The minimum atomic E-state index is -0.162. The number of hydrogen-bond acceptors (Lipinski definition) is 3. The summed E-state index contributed by atoms with van der Waals surface area (Å²) in [5, 5.41) is 9.66. The lowest BCUT2D eigenvalue weighted by Gasteiger charge is -2.18. The summed E-state index contributed by atoms with van der Waals surface area (Å²) in [7, 11) is 0. The zero-order chi connectivity index (χ0) is 15.0. The molecular weight excluding hydrogens is 266 g/mol. The normalized spacial score (nSPS) is 28.0. The van der Waals surface area contributed by atoms with Crippen LogP contribution in [0.15, 0.2) is 24.3 Å². The first-order valence-corrected chi connectivity index (χ1v) is 7.77. The Hall–Kier alpha value is -1.55. The van der Waals surface area contributed by atoms with E-state index < -0.39 is 0 Å². The number of nitrogens with zero attached hydrogens (tertiary/aromatic N) is 1. The van der Waals surface area contributed by atoms with Gasteiger partial charge >= 0.3 is 0 Å². The third-order valence-electron chi connectivity index (χ3n) is 4.49. The number of likely N-dealkylation sites (tertiary alicyclic amines) is 1. The second-order valence-corrected chi connectivity index (χ2v) is 6.55. The molecule has 1 unspecified atom stereocenters. The molecular formula is C17H23NO3. The molecule has 0 spiro atoms. The molecule has 21 heavy (non-hydrogen) atoms. The lowest BCUT2D eigenvalue weighted by molar-refractivity contribution is 0.0765. The molecule has 1 saturated carbocycles. The van der Waals surface area contributed by atoms with E-state index in [4.69, 9.17) is 4.74 Å². The highest BCUT2D eigenvalue weighted by Crippen LogP contribution is 2.38. The van der Waals surface area contributed by atoms with Gasteiger partial charge in [0.25, 0.3) is 5.91 Å². The van der Waals surface area contributed by atoms with Gasteiger partial charge in [-0.25, -0.2) is 0 Å². The van der Waals surface area contributed by atoms with Crippen molar-refractivity contribution in [2.45, 2.75) is 38.9 Å². The van der Waals surface area contributed by atoms with Crippen LogP contribution < -0.4 is 4.74 Å². The quantitative estimate of drug-likeness (QED) is 0.929. The van der Waals surface area contributed by atoms with Crippen LogP contribution in [0.1, 0.15) is 37.0 Å². The highest BCUT2D eigenvalue weighted by atomic mass is 16.5. The highest BCUT2D eigenvalue weighted by Gasteiger charge is 2.41. The molecule has 4 heteroatoms. The van der Waals surface area contributed by atoms with Crippen LogP contribution in [0.4, 0.5) is 0 Å². The second-order valence-electron chi connectivity index (χ2n) is 6.55. The molecule has 1 amide bonds. The van der Waals surface area contributed by atoms with Crippen LogP contribution in [0, 0.1) is 11.8 Å². The number of amides is 1. The van der Waals surface area contributed by atoms with E-state index in [0.29, 0.717) is 17.4 Å². The molecule has 4 nitrogen and oxygen atoms in total. The van der Waals surface area contributed by atoms with Gasteiger partial charge in [-0.3, -0.25) is 4.79 Å². The number of benzene rings is 1. The molecule has 0 aromatic heterocycles. The Bertz CT molecular complexity index is 497. The van der Waals surface area contributed by atoms with Gasteiger partial charge in [0.05, 0.1) is 12.2 Å². The van der Waals surface area contributed by atoms with Crippen molar-refractivity contribution in [2.24, 2.45) is 11.8 Å². The summed E-state index contributed by atoms with van der Waals surface area (Å²) in [6.07, 6.45) is 1.66. The average Bonchev–Trinajstić information content (AvgIpc) is 2.95. The van der Waals surface area contributed by atoms with Gasteiger partial charge in [0.1, 0.15) is 5.75 Å². The molecule has 1 aromatic carbocycles. The molecule has 0 radical (unpaired) electrons. The molecule has 3 atom stereocenters. The first-order chi connectivity index (χ1) is 10.0. The summed E-state index contributed by atoms with van der Waals surface area (Å²) >= 11 is 0. The fourth-order valence-corrected chi connectivity index (χ4v) is 3.56. The van der Waals surface area contributed by atoms with E-state index in [-0.39, 0.29) is 18.1 Å². The smallest absolute Gasteiger partial charge is 0.253 e. The zero-order valence-electron chi connectivity index (χ0n) is 12.7. The van der Waals surface area contributed by atoms with Crippen molar-refractivity contribution in [3.05, 3.63) is 29.8 Å². The third kappa shape index (κ3) is 3.05. The lowest BCUT2D eigenvalue weighted by Crippen LogP contribution is -2.30. The number of fused-ring (bicyclic) bond motifs is 1. The van der Waals surface area contributed by atoms with E-state index in [1.807, 2.05) is 43.0 Å². The predicted octanol–water partition coefficient (Wildman–Crippen LogP) is 2.32. The molecule has 0 bridgehead atoms. The van der Waals surface area contributed by atoms with Gasteiger partial charge in [-0.05, 0) is 62.8 Å². The molecule has 1 saturated heterocycles. The fraction of sp³-hybridized carbons (Fsp3) is 0.588. The molecule has 3 rings (SSSR count). The maximum atomic E-state index is 12.5. The van der Waals surface area contributed by atoms with Crippen molar-refractivity contribution in [2.75, 3.05) is 13.1 Å². The Kier molecular flexibility index (Phi) is 3.89.